The second-order valence-corrected chi connectivity index (χ2v) is 6.17. The molecule has 0 aliphatic carbocycles. The van der Waals surface area contributed by atoms with Gasteiger partial charge in [0.05, 0.1) is 6.20 Å². The van der Waals surface area contributed by atoms with E-state index in [-0.39, 0.29) is 11.5 Å². The molecule has 1 saturated heterocycles. The van der Waals surface area contributed by atoms with E-state index in [1.54, 1.807) is 24.7 Å². The van der Waals surface area contributed by atoms with Crippen LogP contribution in [0.25, 0.3) is 16.8 Å². The van der Waals surface area contributed by atoms with Crippen LogP contribution in [0, 0.1) is 0 Å². The Hall–Kier alpha value is -3.16. The lowest BCUT2D eigenvalue weighted by Gasteiger charge is -2.29. The number of aromatic amines is 1. The van der Waals surface area contributed by atoms with Gasteiger partial charge in [0.2, 0.25) is 0 Å². The number of carbonyl (C=O) groups is 1. The van der Waals surface area contributed by atoms with Crippen LogP contribution in [0.5, 0.6) is 0 Å². The van der Waals surface area contributed by atoms with Crippen molar-refractivity contribution in [1.82, 2.24) is 24.5 Å². The van der Waals surface area contributed by atoms with Crippen LogP contribution in [0.4, 0.5) is 4.79 Å². The lowest BCUT2D eigenvalue weighted by Crippen LogP contribution is -2.37. The number of carboxylic acid groups (broad SMARTS) is 1. The molecule has 0 saturated carbocycles. The highest BCUT2D eigenvalue weighted by Crippen LogP contribution is 2.28. The minimum absolute atomic E-state index is 0.130. The fourth-order valence-electron chi connectivity index (χ4n) is 3.34. The number of likely N-dealkylation sites (tertiary alicyclic amines) is 1. The number of piperidine rings is 1. The molecule has 1 amide bonds. The minimum atomic E-state index is -0.892. The molecule has 0 spiro atoms. The number of aromatic nitrogens is 4. The molecule has 1 aliphatic heterocycles. The standard InChI is InChI=1S/C17H17N5O3/c23-15-8-14(11-3-6-21(7-4-11)17(24)25)20-16-13(10-19-22(15)16)12-2-1-5-18-9-12/h1-2,5,8-11,20H,3-4,6-7H2,(H,24,25). The molecule has 4 heterocycles. The number of hydrogen-bond donors (Lipinski definition) is 2. The Kier molecular flexibility index (Phi) is 3.72. The molecular weight excluding hydrogens is 322 g/mol. The highest BCUT2D eigenvalue weighted by molar-refractivity contribution is 5.76. The first kappa shape index (κ1) is 15.4. The Morgan fingerprint density at radius 3 is 2.76 bits per heavy atom. The lowest BCUT2D eigenvalue weighted by atomic mass is 9.93. The van der Waals surface area contributed by atoms with E-state index in [1.807, 2.05) is 12.1 Å². The van der Waals surface area contributed by atoms with Crippen LogP contribution in [-0.4, -0.2) is 48.8 Å². The zero-order chi connectivity index (χ0) is 17.4. The summed E-state index contributed by atoms with van der Waals surface area (Å²) in [6, 6.07) is 5.32. The van der Waals surface area contributed by atoms with Crippen LogP contribution in [0.3, 0.4) is 0 Å². The van der Waals surface area contributed by atoms with Gasteiger partial charge in [-0.2, -0.15) is 9.61 Å². The van der Waals surface area contributed by atoms with Gasteiger partial charge in [-0.15, -0.1) is 0 Å². The third-order valence-corrected chi connectivity index (χ3v) is 4.70. The molecular formula is C17H17N5O3. The molecule has 8 heteroatoms. The summed E-state index contributed by atoms with van der Waals surface area (Å²) in [5.74, 6) is 0.130. The molecule has 3 aromatic rings. The van der Waals surface area contributed by atoms with E-state index in [0.29, 0.717) is 31.6 Å². The van der Waals surface area contributed by atoms with E-state index >= 15 is 0 Å². The first-order valence-electron chi connectivity index (χ1n) is 8.12. The molecule has 3 aromatic heterocycles. The molecule has 2 N–H and O–H groups in total. The Bertz CT molecular complexity index is 971. The molecule has 1 fully saturated rings. The number of hydrogen-bond acceptors (Lipinski definition) is 4. The molecule has 0 atom stereocenters. The van der Waals surface area contributed by atoms with Crippen molar-refractivity contribution in [1.29, 1.82) is 0 Å². The van der Waals surface area contributed by atoms with Crippen LogP contribution >= 0.6 is 0 Å². The normalized spacial score (nSPS) is 15.6. The second kappa shape index (κ2) is 6.04. The zero-order valence-corrected chi connectivity index (χ0v) is 13.4. The molecule has 128 valence electrons. The second-order valence-electron chi connectivity index (χ2n) is 6.17. The number of rotatable bonds is 2. The van der Waals surface area contributed by atoms with E-state index in [2.05, 4.69) is 15.1 Å². The molecule has 25 heavy (non-hydrogen) atoms. The Morgan fingerprint density at radius 1 is 1.28 bits per heavy atom. The predicted octanol–water partition coefficient (Wildman–Crippen LogP) is 1.94. The minimum Gasteiger partial charge on any atom is -0.465 e. The molecule has 0 unspecified atom stereocenters. The van der Waals surface area contributed by atoms with Gasteiger partial charge < -0.3 is 15.0 Å². The summed E-state index contributed by atoms with van der Waals surface area (Å²) in [6.07, 6.45) is 5.56. The third kappa shape index (κ3) is 2.75. The molecule has 1 aliphatic rings. The van der Waals surface area contributed by atoms with Crippen LogP contribution < -0.4 is 5.56 Å². The number of H-pyrrole nitrogens is 1. The summed E-state index contributed by atoms with van der Waals surface area (Å²) in [4.78, 5) is 32.3. The number of pyridine rings is 1. The van der Waals surface area contributed by atoms with Crippen molar-refractivity contribution in [3.8, 4) is 11.1 Å². The summed E-state index contributed by atoms with van der Waals surface area (Å²) in [6.45, 7) is 0.948. The summed E-state index contributed by atoms with van der Waals surface area (Å²) < 4.78 is 1.35. The Labute approximate surface area is 142 Å². The van der Waals surface area contributed by atoms with Crippen molar-refractivity contribution in [2.45, 2.75) is 18.8 Å². The monoisotopic (exact) mass is 339 g/mol. The van der Waals surface area contributed by atoms with Gasteiger partial charge in [-0.3, -0.25) is 9.78 Å². The number of nitrogens with one attached hydrogen (secondary N) is 1. The first-order valence-corrected chi connectivity index (χ1v) is 8.12. The smallest absolute Gasteiger partial charge is 0.407 e. The lowest BCUT2D eigenvalue weighted by molar-refractivity contribution is 0.131. The molecule has 0 radical (unpaired) electrons. The molecule has 4 rings (SSSR count). The quantitative estimate of drug-likeness (QED) is 0.742. The molecule has 0 aromatic carbocycles. The molecule has 8 nitrogen and oxygen atoms in total. The topological polar surface area (TPSA) is 104 Å². The van der Waals surface area contributed by atoms with Crippen molar-refractivity contribution in [2.24, 2.45) is 0 Å². The Morgan fingerprint density at radius 2 is 2.08 bits per heavy atom. The van der Waals surface area contributed by atoms with Crippen LogP contribution in [0.15, 0.2) is 41.6 Å². The van der Waals surface area contributed by atoms with Gasteiger partial charge in [-0.25, -0.2) is 4.79 Å². The largest absolute Gasteiger partial charge is 0.465 e. The van der Waals surface area contributed by atoms with Gasteiger partial charge in [0.1, 0.15) is 5.65 Å². The maximum Gasteiger partial charge on any atom is 0.407 e. The van der Waals surface area contributed by atoms with E-state index in [9.17, 15) is 9.59 Å². The summed E-state index contributed by atoms with van der Waals surface area (Å²) >= 11 is 0. The third-order valence-electron chi connectivity index (χ3n) is 4.70. The van der Waals surface area contributed by atoms with Gasteiger partial charge in [0.15, 0.2) is 0 Å². The average molecular weight is 339 g/mol. The number of nitrogens with zero attached hydrogens (tertiary/aromatic N) is 4. The fraction of sp³-hybridized carbons (Fsp3) is 0.294. The highest BCUT2D eigenvalue weighted by atomic mass is 16.4. The van der Waals surface area contributed by atoms with Crippen LogP contribution in [0.2, 0.25) is 0 Å². The summed E-state index contributed by atoms with van der Waals surface area (Å²) in [7, 11) is 0. The Balaban J connectivity index is 1.72. The van der Waals surface area contributed by atoms with Gasteiger partial charge in [0.25, 0.3) is 5.56 Å². The van der Waals surface area contributed by atoms with Crippen molar-refractivity contribution in [3.63, 3.8) is 0 Å². The SMILES string of the molecule is O=C(O)N1CCC(c2cc(=O)n3ncc(-c4cccnc4)c3[nH]2)CC1. The van der Waals surface area contributed by atoms with E-state index in [1.165, 1.54) is 9.42 Å². The van der Waals surface area contributed by atoms with Crippen LogP contribution in [0.1, 0.15) is 24.5 Å². The maximum absolute atomic E-state index is 12.4. The molecule has 0 bridgehead atoms. The first-order chi connectivity index (χ1) is 12.1. The maximum atomic E-state index is 12.4. The predicted molar refractivity (Wildman–Crippen MR) is 90.6 cm³/mol. The van der Waals surface area contributed by atoms with Crippen molar-refractivity contribution in [3.05, 3.63) is 52.8 Å². The van der Waals surface area contributed by atoms with Crippen molar-refractivity contribution < 1.29 is 9.90 Å². The van der Waals surface area contributed by atoms with E-state index in [0.717, 1.165) is 16.8 Å². The van der Waals surface area contributed by atoms with E-state index < -0.39 is 6.09 Å². The highest BCUT2D eigenvalue weighted by Gasteiger charge is 2.25. The number of fused-ring (bicyclic) bond motifs is 1. The summed E-state index contributed by atoms with van der Waals surface area (Å²) in [5, 5.41) is 13.2. The van der Waals surface area contributed by atoms with Gasteiger partial charge in [-0.1, -0.05) is 6.07 Å². The van der Waals surface area contributed by atoms with Gasteiger partial charge in [-0.05, 0) is 18.9 Å². The summed E-state index contributed by atoms with van der Waals surface area (Å²) in [5.41, 5.74) is 2.96. The van der Waals surface area contributed by atoms with E-state index in [4.69, 9.17) is 5.11 Å². The van der Waals surface area contributed by atoms with Crippen LogP contribution in [-0.2, 0) is 0 Å². The van der Waals surface area contributed by atoms with Crippen molar-refractivity contribution >= 4 is 11.7 Å². The van der Waals surface area contributed by atoms with Gasteiger partial charge >= 0.3 is 6.09 Å². The fourth-order valence-corrected chi connectivity index (χ4v) is 3.34. The zero-order valence-electron chi connectivity index (χ0n) is 13.4. The number of amides is 1. The van der Waals surface area contributed by atoms with Crippen molar-refractivity contribution in [2.75, 3.05) is 13.1 Å². The van der Waals surface area contributed by atoms with Gasteiger partial charge in [0, 0.05) is 54.3 Å². The average Bonchev–Trinajstić information content (AvgIpc) is 3.07.